The summed E-state index contributed by atoms with van der Waals surface area (Å²) in [5, 5.41) is 0. The van der Waals surface area contributed by atoms with Crippen molar-refractivity contribution in [2.24, 2.45) is 11.8 Å². The van der Waals surface area contributed by atoms with Crippen molar-refractivity contribution in [3.8, 4) is 0 Å². The zero-order valence-corrected chi connectivity index (χ0v) is 8.96. The minimum absolute atomic E-state index is 0.839. The smallest absolute Gasteiger partial charge is 0.0320 e. The standard InChI is InChI=1S/C10H15I/c11-10-7-3-5-8-4-1-2-6-9(8)10/h3,7-10H,1-2,4-6H2. The maximum Gasteiger partial charge on any atom is 0.0320 e. The van der Waals surface area contributed by atoms with Crippen molar-refractivity contribution in [3.63, 3.8) is 0 Å². The first kappa shape index (κ1) is 8.09. The van der Waals surface area contributed by atoms with Gasteiger partial charge in [0.05, 0.1) is 0 Å². The molecule has 0 amide bonds. The molecule has 0 aliphatic heterocycles. The van der Waals surface area contributed by atoms with Gasteiger partial charge in [-0.1, -0.05) is 47.6 Å². The Morgan fingerprint density at radius 2 is 2.00 bits per heavy atom. The van der Waals surface area contributed by atoms with E-state index in [1.807, 2.05) is 0 Å². The molecule has 11 heavy (non-hydrogen) atoms. The van der Waals surface area contributed by atoms with Crippen molar-refractivity contribution in [2.75, 3.05) is 0 Å². The van der Waals surface area contributed by atoms with Gasteiger partial charge in [-0.2, -0.15) is 0 Å². The molecule has 0 aromatic carbocycles. The second-order valence-corrected chi connectivity index (χ2v) is 5.26. The lowest BCUT2D eigenvalue weighted by molar-refractivity contribution is 0.241. The quantitative estimate of drug-likeness (QED) is 0.356. The van der Waals surface area contributed by atoms with Crippen molar-refractivity contribution in [1.82, 2.24) is 0 Å². The molecule has 0 bridgehead atoms. The SMILES string of the molecule is IC1C=CCC2CCCCC12. The molecule has 62 valence electrons. The molecule has 2 rings (SSSR count). The van der Waals surface area contributed by atoms with Crippen LogP contribution in [0.15, 0.2) is 12.2 Å². The first-order valence-electron chi connectivity index (χ1n) is 4.68. The predicted molar refractivity (Wildman–Crippen MR) is 57.0 cm³/mol. The Bertz CT molecular complexity index is 162. The summed E-state index contributed by atoms with van der Waals surface area (Å²) in [5.74, 6) is 2.06. The minimum atomic E-state index is 0.839. The Morgan fingerprint density at radius 1 is 1.18 bits per heavy atom. The largest absolute Gasteiger partial charge is 0.0872 e. The van der Waals surface area contributed by atoms with Crippen molar-refractivity contribution in [3.05, 3.63) is 12.2 Å². The Balaban J connectivity index is 2.08. The monoisotopic (exact) mass is 262 g/mol. The van der Waals surface area contributed by atoms with Crippen LogP contribution in [0.3, 0.4) is 0 Å². The second kappa shape index (κ2) is 3.46. The fourth-order valence-corrected chi connectivity index (χ4v) is 3.71. The molecule has 0 heterocycles. The summed E-state index contributed by atoms with van der Waals surface area (Å²) >= 11 is 2.60. The molecule has 0 radical (unpaired) electrons. The van der Waals surface area contributed by atoms with E-state index in [2.05, 4.69) is 34.7 Å². The molecule has 2 aliphatic carbocycles. The van der Waals surface area contributed by atoms with Crippen LogP contribution in [-0.2, 0) is 0 Å². The summed E-state index contributed by atoms with van der Waals surface area (Å²) in [6.07, 6.45) is 12.1. The van der Waals surface area contributed by atoms with Crippen LogP contribution in [0, 0.1) is 11.8 Å². The predicted octanol–water partition coefficient (Wildman–Crippen LogP) is 3.56. The zero-order chi connectivity index (χ0) is 7.68. The highest BCUT2D eigenvalue weighted by Gasteiger charge is 2.30. The van der Waals surface area contributed by atoms with Crippen molar-refractivity contribution < 1.29 is 0 Å². The van der Waals surface area contributed by atoms with E-state index >= 15 is 0 Å². The third-order valence-electron chi connectivity index (χ3n) is 3.14. The lowest BCUT2D eigenvalue weighted by Gasteiger charge is -2.35. The van der Waals surface area contributed by atoms with Crippen LogP contribution in [0.2, 0.25) is 0 Å². The average Bonchev–Trinajstić information content (AvgIpc) is 2.06. The van der Waals surface area contributed by atoms with E-state index in [0.29, 0.717) is 0 Å². The number of allylic oxidation sites excluding steroid dienone is 2. The van der Waals surface area contributed by atoms with E-state index in [-0.39, 0.29) is 0 Å². The van der Waals surface area contributed by atoms with E-state index in [1.165, 1.54) is 32.1 Å². The highest BCUT2D eigenvalue weighted by molar-refractivity contribution is 14.1. The molecule has 3 atom stereocenters. The second-order valence-electron chi connectivity index (χ2n) is 3.82. The molecule has 0 N–H and O–H groups in total. The van der Waals surface area contributed by atoms with E-state index in [1.54, 1.807) is 0 Å². The maximum atomic E-state index is 2.60. The summed E-state index contributed by atoms with van der Waals surface area (Å²) in [5.41, 5.74) is 0. The molecule has 3 unspecified atom stereocenters. The fourth-order valence-electron chi connectivity index (χ4n) is 2.47. The van der Waals surface area contributed by atoms with Gasteiger partial charge in [-0.15, -0.1) is 0 Å². The molecule has 0 nitrogen and oxygen atoms in total. The Hall–Kier alpha value is 0.470. The fraction of sp³-hybridized carbons (Fsp3) is 0.800. The molecular weight excluding hydrogens is 247 g/mol. The maximum absolute atomic E-state index is 2.60. The summed E-state index contributed by atoms with van der Waals surface area (Å²) in [4.78, 5) is 0. The van der Waals surface area contributed by atoms with Gasteiger partial charge < -0.3 is 0 Å². The number of halogens is 1. The average molecular weight is 262 g/mol. The van der Waals surface area contributed by atoms with Crippen LogP contribution < -0.4 is 0 Å². The third-order valence-corrected chi connectivity index (χ3v) is 4.47. The van der Waals surface area contributed by atoms with Crippen LogP contribution >= 0.6 is 22.6 Å². The topological polar surface area (TPSA) is 0 Å². The third kappa shape index (κ3) is 1.63. The molecule has 0 aromatic rings. The minimum Gasteiger partial charge on any atom is -0.0872 e. The van der Waals surface area contributed by atoms with Gasteiger partial charge in [-0.05, 0) is 31.1 Å². The van der Waals surface area contributed by atoms with Gasteiger partial charge in [0, 0.05) is 3.92 Å². The Labute approximate surface area is 82.6 Å². The number of rotatable bonds is 0. The molecule has 0 saturated heterocycles. The Kier molecular flexibility index (Phi) is 2.54. The van der Waals surface area contributed by atoms with Crippen LogP contribution in [0.5, 0.6) is 0 Å². The molecule has 1 saturated carbocycles. The summed E-state index contributed by atoms with van der Waals surface area (Å²) in [6.45, 7) is 0. The Morgan fingerprint density at radius 3 is 2.82 bits per heavy atom. The highest BCUT2D eigenvalue weighted by Crippen LogP contribution is 2.40. The van der Waals surface area contributed by atoms with Crippen molar-refractivity contribution >= 4 is 22.6 Å². The van der Waals surface area contributed by atoms with Gasteiger partial charge in [0.1, 0.15) is 0 Å². The normalized spacial score (nSPS) is 43.5. The van der Waals surface area contributed by atoms with Crippen LogP contribution in [0.25, 0.3) is 0 Å². The van der Waals surface area contributed by atoms with Gasteiger partial charge in [0.15, 0.2) is 0 Å². The number of fused-ring (bicyclic) bond motifs is 1. The number of hydrogen-bond donors (Lipinski definition) is 0. The summed E-state index contributed by atoms with van der Waals surface area (Å²) in [7, 11) is 0. The van der Waals surface area contributed by atoms with E-state index in [0.717, 1.165) is 15.8 Å². The highest BCUT2D eigenvalue weighted by atomic mass is 127. The molecule has 1 fully saturated rings. The first-order chi connectivity index (χ1) is 5.38. The van der Waals surface area contributed by atoms with Crippen molar-refractivity contribution in [1.29, 1.82) is 0 Å². The van der Waals surface area contributed by atoms with E-state index in [9.17, 15) is 0 Å². The van der Waals surface area contributed by atoms with Gasteiger partial charge in [0.2, 0.25) is 0 Å². The van der Waals surface area contributed by atoms with E-state index in [4.69, 9.17) is 0 Å². The molecule has 0 aromatic heterocycles. The van der Waals surface area contributed by atoms with Gasteiger partial charge in [0.25, 0.3) is 0 Å². The molecule has 0 spiro atoms. The van der Waals surface area contributed by atoms with Gasteiger partial charge >= 0.3 is 0 Å². The van der Waals surface area contributed by atoms with Gasteiger partial charge in [-0.3, -0.25) is 0 Å². The zero-order valence-electron chi connectivity index (χ0n) is 6.80. The number of hydrogen-bond acceptors (Lipinski definition) is 0. The number of alkyl halides is 1. The molecule has 2 aliphatic rings. The van der Waals surface area contributed by atoms with Crippen LogP contribution in [0.4, 0.5) is 0 Å². The van der Waals surface area contributed by atoms with Gasteiger partial charge in [-0.25, -0.2) is 0 Å². The van der Waals surface area contributed by atoms with Crippen LogP contribution in [0.1, 0.15) is 32.1 Å². The van der Waals surface area contributed by atoms with E-state index < -0.39 is 0 Å². The lowest BCUT2D eigenvalue weighted by atomic mass is 9.73. The summed E-state index contributed by atoms with van der Waals surface area (Å²) in [6, 6.07) is 0. The molecule has 1 heteroatoms. The summed E-state index contributed by atoms with van der Waals surface area (Å²) < 4.78 is 0.839. The molecular formula is C10H15I. The van der Waals surface area contributed by atoms with Crippen LogP contribution in [-0.4, -0.2) is 3.92 Å². The van der Waals surface area contributed by atoms with Crippen molar-refractivity contribution in [2.45, 2.75) is 36.0 Å². The lowest BCUT2D eigenvalue weighted by Crippen LogP contribution is -2.28. The first-order valence-corrected chi connectivity index (χ1v) is 5.93.